The molecule has 1 heterocycles. The summed E-state index contributed by atoms with van der Waals surface area (Å²) in [5, 5.41) is 0. The van der Waals surface area contributed by atoms with Gasteiger partial charge in [0.25, 0.3) is 5.91 Å². The standard InChI is InChI=1S/C16H23N3O3/c1-16(2,3)18(4)15(21)17-22-13-10-19(11-13)14(20)12-8-6-5-7-9-12/h5-9,13H,10-11H2,1-4H3,(H,17,21). The number of benzene rings is 1. The Morgan fingerprint density at radius 3 is 2.36 bits per heavy atom. The van der Waals surface area contributed by atoms with Crippen LogP contribution in [-0.4, -0.2) is 53.5 Å². The minimum Gasteiger partial charge on any atom is -0.333 e. The third-order valence-electron chi connectivity index (χ3n) is 3.78. The van der Waals surface area contributed by atoms with Gasteiger partial charge in [-0.3, -0.25) is 9.63 Å². The molecule has 1 aliphatic heterocycles. The number of hydrogen-bond acceptors (Lipinski definition) is 3. The second-order valence-corrected chi connectivity index (χ2v) is 6.45. The quantitative estimate of drug-likeness (QED) is 0.867. The number of hydroxylamine groups is 1. The maximum Gasteiger partial charge on any atom is 0.341 e. The topological polar surface area (TPSA) is 61.9 Å². The summed E-state index contributed by atoms with van der Waals surface area (Å²) in [5.41, 5.74) is 2.83. The highest BCUT2D eigenvalue weighted by molar-refractivity contribution is 5.94. The Labute approximate surface area is 131 Å². The van der Waals surface area contributed by atoms with Gasteiger partial charge in [-0.2, -0.15) is 0 Å². The van der Waals surface area contributed by atoms with Gasteiger partial charge in [0.15, 0.2) is 0 Å². The van der Waals surface area contributed by atoms with Crippen LogP contribution in [0.4, 0.5) is 4.79 Å². The molecule has 0 unspecified atom stereocenters. The lowest BCUT2D eigenvalue weighted by atomic mass is 10.1. The van der Waals surface area contributed by atoms with Crippen LogP contribution < -0.4 is 5.48 Å². The predicted octanol–water partition coefficient (Wildman–Crippen LogP) is 1.88. The molecule has 6 heteroatoms. The van der Waals surface area contributed by atoms with Crippen molar-refractivity contribution < 1.29 is 14.4 Å². The highest BCUT2D eigenvalue weighted by atomic mass is 16.7. The summed E-state index contributed by atoms with van der Waals surface area (Å²) in [6.07, 6.45) is -0.162. The van der Waals surface area contributed by atoms with Crippen LogP contribution in [0.3, 0.4) is 0 Å². The summed E-state index contributed by atoms with van der Waals surface area (Å²) in [6.45, 7) is 6.78. The smallest absolute Gasteiger partial charge is 0.333 e. The highest BCUT2D eigenvalue weighted by Gasteiger charge is 2.33. The maximum absolute atomic E-state index is 12.1. The van der Waals surface area contributed by atoms with Gasteiger partial charge >= 0.3 is 6.03 Å². The number of nitrogens with one attached hydrogen (secondary N) is 1. The Hall–Kier alpha value is -2.08. The van der Waals surface area contributed by atoms with Crippen molar-refractivity contribution in [3.8, 4) is 0 Å². The van der Waals surface area contributed by atoms with Crippen LogP contribution in [0.2, 0.25) is 0 Å². The van der Waals surface area contributed by atoms with E-state index in [1.807, 2.05) is 39.0 Å². The molecule has 0 atom stereocenters. The number of amides is 3. The van der Waals surface area contributed by atoms with Crippen LogP contribution in [-0.2, 0) is 4.84 Å². The first kappa shape index (κ1) is 16.3. The summed E-state index contributed by atoms with van der Waals surface area (Å²) in [6, 6.07) is 8.83. The first-order valence-electron chi connectivity index (χ1n) is 7.33. The van der Waals surface area contributed by atoms with E-state index in [-0.39, 0.29) is 23.6 Å². The maximum atomic E-state index is 12.1. The van der Waals surface area contributed by atoms with Gasteiger partial charge in [0, 0.05) is 18.2 Å². The largest absolute Gasteiger partial charge is 0.341 e. The summed E-state index contributed by atoms with van der Waals surface area (Å²) in [4.78, 5) is 32.6. The highest BCUT2D eigenvalue weighted by Crippen LogP contribution is 2.16. The minimum absolute atomic E-state index is 0.0152. The zero-order valence-corrected chi connectivity index (χ0v) is 13.5. The molecule has 0 aromatic heterocycles. The van der Waals surface area contributed by atoms with E-state index in [1.165, 1.54) is 0 Å². The van der Waals surface area contributed by atoms with Crippen molar-refractivity contribution in [2.24, 2.45) is 0 Å². The molecular weight excluding hydrogens is 282 g/mol. The number of nitrogens with zero attached hydrogens (tertiary/aromatic N) is 2. The Balaban J connectivity index is 1.74. The van der Waals surface area contributed by atoms with Gasteiger partial charge < -0.3 is 9.80 Å². The number of hydrogen-bond donors (Lipinski definition) is 1. The van der Waals surface area contributed by atoms with Crippen molar-refractivity contribution in [3.05, 3.63) is 35.9 Å². The van der Waals surface area contributed by atoms with E-state index in [2.05, 4.69) is 5.48 Å². The molecule has 1 saturated heterocycles. The van der Waals surface area contributed by atoms with Gasteiger partial charge in [-0.15, -0.1) is 0 Å². The fourth-order valence-electron chi connectivity index (χ4n) is 1.95. The molecular formula is C16H23N3O3. The molecule has 22 heavy (non-hydrogen) atoms. The second-order valence-electron chi connectivity index (χ2n) is 6.45. The Bertz CT molecular complexity index is 533. The van der Waals surface area contributed by atoms with Crippen LogP contribution in [0.15, 0.2) is 30.3 Å². The number of likely N-dealkylation sites (tertiary alicyclic amines) is 1. The van der Waals surface area contributed by atoms with Crippen molar-refractivity contribution in [1.29, 1.82) is 0 Å². The molecule has 1 fully saturated rings. The average molecular weight is 305 g/mol. The Kier molecular flexibility index (Phi) is 4.71. The van der Waals surface area contributed by atoms with Gasteiger partial charge in [0.1, 0.15) is 6.10 Å². The first-order chi connectivity index (χ1) is 10.3. The summed E-state index contributed by atoms with van der Waals surface area (Å²) in [7, 11) is 1.71. The number of carbonyl (C=O) groups is 2. The van der Waals surface area contributed by atoms with E-state index in [0.29, 0.717) is 18.7 Å². The molecule has 1 aromatic carbocycles. The van der Waals surface area contributed by atoms with E-state index in [4.69, 9.17) is 4.84 Å². The van der Waals surface area contributed by atoms with E-state index in [1.54, 1.807) is 29.0 Å². The van der Waals surface area contributed by atoms with Crippen LogP contribution >= 0.6 is 0 Å². The predicted molar refractivity (Wildman–Crippen MR) is 83.3 cm³/mol. The monoisotopic (exact) mass is 305 g/mol. The summed E-state index contributed by atoms with van der Waals surface area (Å²) >= 11 is 0. The van der Waals surface area contributed by atoms with E-state index >= 15 is 0 Å². The molecule has 0 radical (unpaired) electrons. The molecule has 2 rings (SSSR count). The van der Waals surface area contributed by atoms with Gasteiger partial charge in [-0.05, 0) is 32.9 Å². The number of carbonyl (C=O) groups excluding carboxylic acids is 2. The zero-order valence-electron chi connectivity index (χ0n) is 13.5. The van der Waals surface area contributed by atoms with Crippen molar-refractivity contribution in [2.75, 3.05) is 20.1 Å². The molecule has 120 valence electrons. The van der Waals surface area contributed by atoms with Crippen LogP contribution in [0.25, 0.3) is 0 Å². The molecule has 1 aliphatic rings. The second kappa shape index (κ2) is 6.36. The van der Waals surface area contributed by atoms with E-state index in [9.17, 15) is 9.59 Å². The molecule has 0 spiro atoms. The van der Waals surface area contributed by atoms with Crippen molar-refractivity contribution in [2.45, 2.75) is 32.4 Å². The van der Waals surface area contributed by atoms with Crippen LogP contribution in [0, 0.1) is 0 Å². The number of urea groups is 1. The lowest BCUT2D eigenvalue weighted by Crippen LogP contribution is -2.58. The molecule has 0 saturated carbocycles. The molecule has 1 N–H and O–H groups in total. The molecule has 0 bridgehead atoms. The summed E-state index contributed by atoms with van der Waals surface area (Å²) < 4.78 is 0. The minimum atomic E-state index is -0.291. The summed E-state index contributed by atoms with van der Waals surface area (Å²) in [5.74, 6) is -0.0152. The van der Waals surface area contributed by atoms with Crippen molar-refractivity contribution >= 4 is 11.9 Å². The number of rotatable bonds is 3. The third kappa shape index (κ3) is 3.76. The van der Waals surface area contributed by atoms with Gasteiger partial charge in [0.05, 0.1) is 13.1 Å². The van der Waals surface area contributed by atoms with Crippen molar-refractivity contribution in [1.82, 2.24) is 15.3 Å². The van der Waals surface area contributed by atoms with Gasteiger partial charge in [-0.25, -0.2) is 10.3 Å². The fourth-order valence-corrected chi connectivity index (χ4v) is 1.95. The van der Waals surface area contributed by atoms with Crippen LogP contribution in [0.5, 0.6) is 0 Å². The van der Waals surface area contributed by atoms with E-state index < -0.39 is 0 Å². The third-order valence-corrected chi connectivity index (χ3v) is 3.78. The van der Waals surface area contributed by atoms with E-state index in [0.717, 1.165) is 0 Å². The lowest BCUT2D eigenvalue weighted by molar-refractivity contribution is -0.0803. The van der Waals surface area contributed by atoms with Crippen LogP contribution in [0.1, 0.15) is 31.1 Å². The average Bonchev–Trinajstić information content (AvgIpc) is 2.44. The molecule has 0 aliphatic carbocycles. The van der Waals surface area contributed by atoms with Gasteiger partial charge in [-0.1, -0.05) is 18.2 Å². The lowest BCUT2D eigenvalue weighted by Gasteiger charge is -2.39. The van der Waals surface area contributed by atoms with Crippen molar-refractivity contribution in [3.63, 3.8) is 0 Å². The normalized spacial score (nSPS) is 15.2. The first-order valence-corrected chi connectivity index (χ1v) is 7.33. The van der Waals surface area contributed by atoms with Gasteiger partial charge in [0.2, 0.25) is 0 Å². The zero-order chi connectivity index (χ0) is 16.3. The SMILES string of the molecule is CN(C(=O)NOC1CN(C(=O)c2ccccc2)C1)C(C)(C)C. The molecule has 3 amide bonds. The fraction of sp³-hybridized carbons (Fsp3) is 0.500. The molecule has 1 aromatic rings. The Morgan fingerprint density at radius 2 is 1.82 bits per heavy atom. The molecule has 6 nitrogen and oxygen atoms in total. The Morgan fingerprint density at radius 1 is 1.23 bits per heavy atom.